The van der Waals surface area contributed by atoms with Gasteiger partial charge < -0.3 is 9.73 Å². The van der Waals surface area contributed by atoms with Crippen LogP contribution in [-0.4, -0.2) is 27.4 Å². The molecule has 0 aliphatic carbocycles. The Labute approximate surface area is 124 Å². The zero-order valence-electron chi connectivity index (χ0n) is 12.2. The molecule has 1 aromatic carbocycles. The summed E-state index contributed by atoms with van der Waals surface area (Å²) in [5.74, 6) is 0.817. The Kier molecular flexibility index (Phi) is 4.31. The molecule has 2 aromatic heterocycles. The van der Waals surface area contributed by atoms with Gasteiger partial charge in [0.2, 0.25) is 0 Å². The highest BCUT2D eigenvalue weighted by molar-refractivity contribution is 5.72. The second-order valence-electron chi connectivity index (χ2n) is 5.26. The summed E-state index contributed by atoms with van der Waals surface area (Å²) >= 11 is 0. The van der Waals surface area contributed by atoms with Gasteiger partial charge in [0.15, 0.2) is 11.5 Å². The first-order valence-electron chi connectivity index (χ1n) is 7.36. The van der Waals surface area contributed by atoms with E-state index in [4.69, 9.17) is 4.42 Å². The van der Waals surface area contributed by atoms with Crippen molar-refractivity contribution in [1.82, 2.24) is 20.1 Å². The first kappa shape index (κ1) is 13.8. The summed E-state index contributed by atoms with van der Waals surface area (Å²) in [6.45, 7) is 4.00. The van der Waals surface area contributed by atoms with Crippen molar-refractivity contribution >= 4 is 11.1 Å². The zero-order valence-corrected chi connectivity index (χ0v) is 12.2. The molecule has 0 bridgehead atoms. The molecule has 0 radical (unpaired) electrons. The molecule has 0 saturated heterocycles. The molecular formula is C16H20N4O. The van der Waals surface area contributed by atoms with Crippen LogP contribution in [0.3, 0.4) is 0 Å². The van der Waals surface area contributed by atoms with Gasteiger partial charge >= 0.3 is 0 Å². The van der Waals surface area contributed by atoms with E-state index < -0.39 is 0 Å². The van der Waals surface area contributed by atoms with Crippen LogP contribution in [0.4, 0.5) is 0 Å². The second kappa shape index (κ2) is 6.54. The highest BCUT2D eigenvalue weighted by atomic mass is 16.3. The molecule has 5 heteroatoms. The van der Waals surface area contributed by atoms with Gasteiger partial charge in [-0.25, -0.2) is 4.98 Å². The van der Waals surface area contributed by atoms with Crippen LogP contribution < -0.4 is 5.32 Å². The fourth-order valence-corrected chi connectivity index (χ4v) is 2.37. The van der Waals surface area contributed by atoms with Crippen molar-refractivity contribution in [3.63, 3.8) is 0 Å². The molecule has 1 N–H and O–H groups in total. The summed E-state index contributed by atoms with van der Waals surface area (Å²) < 4.78 is 7.65. The Balaban J connectivity index is 1.41. The minimum Gasteiger partial charge on any atom is -0.441 e. The van der Waals surface area contributed by atoms with E-state index in [1.807, 2.05) is 41.2 Å². The lowest BCUT2D eigenvalue weighted by Gasteiger charge is -2.13. The minimum absolute atomic E-state index is 0.397. The molecule has 0 amide bonds. The van der Waals surface area contributed by atoms with E-state index in [-0.39, 0.29) is 0 Å². The number of hydrogen-bond donors (Lipinski definition) is 1. The maximum atomic E-state index is 5.71. The highest BCUT2D eigenvalue weighted by Gasteiger charge is 2.06. The monoisotopic (exact) mass is 284 g/mol. The molecule has 0 spiro atoms. The van der Waals surface area contributed by atoms with Gasteiger partial charge in [-0.3, -0.25) is 4.68 Å². The molecule has 1 atom stereocenters. The van der Waals surface area contributed by atoms with Gasteiger partial charge in [-0.05, 0) is 38.1 Å². The standard InChI is InChI=1S/C16H20N4O/c1-13(12-20-11-5-10-18-20)17-9-4-8-16-19-14-6-2-3-7-15(14)21-16/h2-3,5-7,10-11,13,17H,4,8-9,12H2,1H3. The Morgan fingerprint density at radius 2 is 2.19 bits per heavy atom. The van der Waals surface area contributed by atoms with E-state index in [2.05, 4.69) is 22.3 Å². The average Bonchev–Trinajstić information content (AvgIpc) is 3.12. The Hall–Kier alpha value is -2.14. The third-order valence-corrected chi connectivity index (χ3v) is 3.42. The summed E-state index contributed by atoms with van der Waals surface area (Å²) in [4.78, 5) is 4.48. The topological polar surface area (TPSA) is 55.9 Å². The van der Waals surface area contributed by atoms with E-state index in [0.717, 1.165) is 42.9 Å². The van der Waals surface area contributed by atoms with E-state index in [1.165, 1.54) is 0 Å². The second-order valence-corrected chi connectivity index (χ2v) is 5.26. The van der Waals surface area contributed by atoms with Crippen LogP contribution in [0.5, 0.6) is 0 Å². The lowest BCUT2D eigenvalue weighted by atomic mass is 10.2. The van der Waals surface area contributed by atoms with Crippen molar-refractivity contribution in [2.45, 2.75) is 32.4 Å². The summed E-state index contributed by atoms with van der Waals surface area (Å²) in [6, 6.07) is 10.2. The molecule has 3 rings (SSSR count). The SMILES string of the molecule is CC(Cn1cccn1)NCCCc1nc2ccccc2o1. The minimum atomic E-state index is 0.397. The fourth-order valence-electron chi connectivity index (χ4n) is 2.37. The lowest BCUT2D eigenvalue weighted by molar-refractivity contribution is 0.439. The smallest absolute Gasteiger partial charge is 0.195 e. The Morgan fingerprint density at radius 1 is 1.29 bits per heavy atom. The number of fused-ring (bicyclic) bond motifs is 1. The summed E-state index contributed by atoms with van der Waals surface area (Å²) in [5, 5.41) is 7.70. The first-order valence-corrected chi connectivity index (χ1v) is 7.36. The largest absolute Gasteiger partial charge is 0.441 e. The van der Waals surface area contributed by atoms with E-state index in [1.54, 1.807) is 6.20 Å². The number of aryl methyl sites for hydroxylation is 1. The predicted octanol–water partition coefficient (Wildman–Crippen LogP) is 2.64. The number of para-hydroxylation sites is 2. The Morgan fingerprint density at radius 3 is 3.00 bits per heavy atom. The molecule has 0 fully saturated rings. The number of hydrogen-bond acceptors (Lipinski definition) is 4. The predicted molar refractivity (Wildman–Crippen MR) is 82.0 cm³/mol. The van der Waals surface area contributed by atoms with Gasteiger partial charge in [0.1, 0.15) is 5.52 Å². The molecule has 110 valence electrons. The zero-order chi connectivity index (χ0) is 14.5. The van der Waals surface area contributed by atoms with Gasteiger partial charge in [0, 0.05) is 24.9 Å². The first-order chi connectivity index (χ1) is 10.3. The number of rotatable bonds is 7. The van der Waals surface area contributed by atoms with E-state index in [0.29, 0.717) is 6.04 Å². The summed E-state index contributed by atoms with van der Waals surface area (Å²) in [7, 11) is 0. The van der Waals surface area contributed by atoms with Crippen LogP contribution in [0, 0.1) is 0 Å². The maximum Gasteiger partial charge on any atom is 0.195 e. The Bertz CT molecular complexity index is 641. The van der Waals surface area contributed by atoms with Crippen molar-refractivity contribution in [3.05, 3.63) is 48.6 Å². The number of nitrogens with zero attached hydrogens (tertiary/aromatic N) is 3. The van der Waals surface area contributed by atoms with Crippen LogP contribution >= 0.6 is 0 Å². The number of aromatic nitrogens is 3. The summed E-state index contributed by atoms with van der Waals surface area (Å²) in [6.07, 6.45) is 5.66. The van der Waals surface area contributed by atoms with Crippen LogP contribution in [-0.2, 0) is 13.0 Å². The van der Waals surface area contributed by atoms with E-state index >= 15 is 0 Å². The summed E-state index contributed by atoms with van der Waals surface area (Å²) in [5.41, 5.74) is 1.81. The molecule has 0 saturated carbocycles. The average molecular weight is 284 g/mol. The molecule has 2 heterocycles. The molecule has 3 aromatic rings. The molecule has 1 unspecified atom stereocenters. The molecule has 0 aliphatic rings. The quantitative estimate of drug-likeness (QED) is 0.678. The number of oxazole rings is 1. The van der Waals surface area contributed by atoms with Crippen LogP contribution in [0.1, 0.15) is 19.2 Å². The van der Waals surface area contributed by atoms with Crippen molar-refractivity contribution in [2.24, 2.45) is 0 Å². The van der Waals surface area contributed by atoms with Crippen LogP contribution in [0.15, 0.2) is 47.1 Å². The highest BCUT2D eigenvalue weighted by Crippen LogP contribution is 2.15. The maximum absolute atomic E-state index is 5.71. The van der Waals surface area contributed by atoms with Crippen molar-refractivity contribution < 1.29 is 4.42 Å². The molecule has 0 aliphatic heterocycles. The lowest BCUT2D eigenvalue weighted by Crippen LogP contribution is -2.31. The third-order valence-electron chi connectivity index (χ3n) is 3.42. The van der Waals surface area contributed by atoms with Gasteiger partial charge in [0.05, 0.1) is 6.54 Å². The van der Waals surface area contributed by atoms with Gasteiger partial charge in [-0.1, -0.05) is 12.1 Å². The van der Waals surface area contributed by atoms with Crippen molar-refractivity contribution in [2.75, 3.05) is 6.54 Å². The molecular weight excluding hydrogens is 264 g/mol. The fraction of sp³-hybridized carbons (Fsp3) is 0.375. The molecule has 5 nitrogen and oxygen atoms in total. The molecule has 21 heavy (non-hydrogen) atoms. The van der Waals surface area contributed by atoms with E-state index in [9.17, 15) is 0 Å². The van der Waals surface area contributed by atoms with Gasteiger partial charge in [-0.2, -0.15) is 5.10 Å². The number of benzene rings is 1. The number of nitrogens with one attached hydrogen (secondary N) is 1. The van der Waals surface area contributed by atoms with Crippen LogP contribution in [0.25, 0.3) is 11.1 Å². The normalized spacial score (nSPS) is 12.8. The van der Waals surface area contributed by atoms with Crippen LogP contribution in [0.2, 0.25) is 0 Å². The van der Waals surface area contributed by atoms with Gasteiger partial charge in [0.25, 0.3) is 0 Å². The third kappa shape index (κ3) is 3.70. The van der Waals surface area contributed by atoms with Gasteiger partial charge in [-0.15, -0.1) is 0 Å². The van der Waals surface area contributed by atoms with Crippen molar-refractivity contribution in [3.8, 4) is 0 Å². The van der Waals surface area contributed by atoms with Crippen molar-refractivity contribution in [1.29, 1.82) is 0 Å².